The number of hydrogen-bond donors (Lipinski definition) is 1. The van der Waals surface area contributed by atoms with Crippen molar-refractivity contribution in [3.63, 3.8) is 0 Å². The van der Waals surface area contributed by atoms with Gasteiger partial charge in [0.1, 0.15) is 0 Å². The fraction of sp³-hybridized carbons (Fsp3) is 0.542. The predicted molar refractivity (Wildman–Crippen MR) is 130 cm³/mol. The van der Waals surface area contributed by atoms with Gasteiger partial charge < -0.3 is 29.4 Å². The number of piperazine rings is 1. The van der Waals surface area contributed by atoms with Gasteiger partial charge in [0.05, 0.1) is 25.2 Å². The van der Waals surface area contributed by atoms with Crippen molar-refractivity contribution in [3.05, 3.63) is 29.7 Å². The van der Waals surface area contributed by atoms with E-state index < -0.39 is 18.6 Å². The number of ether oxygens (including phenoxy) is 2. The molecule has 1 aromatic heterocycles. The molecule has 0 bridgehead atoms. The summed E-state index contributed by atoms with van der Waals surface area (Å²) in [5.41, 5.74) is 6.57. The lowest BCUT2D eigenvalue weighted by Crippen LogP contribution is -2.54. The molecule has 1 saturated heterocycles. The molecular weight excluding hydrogens is 514 g/mol. The molecule has 0 spiro atoms. The van der Waals surface area contributed by atoms with E-state index in [0.29, 0.717) is 37.7 Å². The molecule has 1 aromatic carbocycles. The third kappa shape index (κ3) is 7.08. The summed E-state index contributed by atoms with van der Waals surface area (Å²) in [5.74, 6) is -0.0299. The Morgan fingerprint density at radius 1 is 1.24 bits per heavy atom. The molecule has 2 aliphatic rings. The summed E-state index contributed by atoms with van der Waals surface area (Å²) in [6.07, 6.45) is 2.06. The molecule has 37 heavy (non-hydrogen) atoms. The number of nitrogens with two attached hydrogens (primary N) is 1. The summed E-state index contributed by atoms with van der Waals surface area (Å²) in [7, 11) is 0. The number of carbonyl (C=O) groups excluding carboxylic acids is 2. The zero-order valence-electron chi connectivity index (χ0n) is 20.8. The first kappa shape index (κ1) is 28.6. The van der Waals surface area contributed by atoms with E-state index >= 15 is 0 Å². The lowest BCUT2D eigenvalue weighted by atomic mass is 10.1. The number of hydrogen-bond acceptors (Lipinski definition) is 9. The van der Waals surface area contributed by atoms with E-state index in [0.717, 1.165) is 12.8 Å². The van der Waals surface area contributed by atoms with E-state index in [1.165, 1.54) is 25.1 Å². The first-order chi connectivity index (χ1) is 17.1. The topological polar surface area (TPSA) is 120 Å². The van der Waals surface area contributed by atoms with Crippen LogP contribution in [-0.2, 0) is 9.63 Å². The highest BCUT2D eigenvalue weighted by atomic mass is 35.5. The fourth-order valence-electron chi connectivity index (χ4n) is 3.93. The van der Waals surface area contributed by atoms with Crippen molar-refractivity contribution in [1.82, 2.24) is 14.9 Å². The van der Waals surface area contributed by atoms with Crippen LogP contribution in [0.15, 0.2) is 22.6 Å². The summed E-state index contributed by atoms with van der Waals surface area (Å²) in [6, 6.07) is 3.52. The molecule has 13 heteroatoms. The van der Waals surface area contributed by atoms with Gasteiger partial charge in [-0.3, -0.25) is 9.59 Å². The SMILES string of the molecule is CC(=O)ON1CCN(C(=O)c2nc(-c3ccc(OC(F)F)c(OCC4CC4)c3)oc2[C@H](C)N)CC1C.Cl. The van der Waals surface area contributed by atoms with Gasteiger partial charge in [-0.2, -0.15) is 8.78 Å². The highest BCUT2D eigenvalue weighted by Crippen LogP contribution is 2.37. The van der Waals surface area contributed by atoms with E-state index in [4.69, 9.17) is 19.7 Å². The van der Waals surface area contributed by atoms with Crippen LogP contribution in [0.5, 0.6) is 11.5 Å². The average molecular weight is 545 g/mol. The molecule has 0 radical (unpaired) electrons. The van der Waals surface area contributed by atoms with Gasteiger partial charge in [-0.15, -0.1) is 17.5 Å². The maximum Gasteiger partial charge on any atom is 0.387 e. The van der Waals surface area contributed by atoms with Crippen LogP contribution in [0.1, 0.15) is 55.9 Å². The smallest absolute Gasteiger partial charge is 0.387 e. The molecule has 1 unspecified atom stereocenters. The van der Waals surface area contributed by atoms with Crippen molar-refractivity contribution in [2.24, 2.45) is 11.7 Å². The summed E-state index contributed by atoms with van der Waals surface area (Å²) < 4.78 is 41.9. The maximum atomic E-state index is 13.4. The monoisotopic (exact) mass is 544 g/mol. The molecule has 1 saturated carbocycles. The highest BCUT2D eigenvalue weighted by Gasteiger charge is 2.33. The van der Waals surface area contributed by atoms with E-state index in [1.807, 2.05) is 6.92 Å². The van der Waals surface area contributed by atoms with Crippen LogP contribution in [0.25, 0.3) is 11.5 Å². The number of amides is 1. The lowest BCUT2D eigenvalue weighted by Gasteiger charge is -2.37. The minimum atomic E-state index is -3.00. The third-order valence-corrected chi connectivity index (χ3v) is 5.95. The van der Waals surface area contributed by atoms with Crippen molar-refractivity contribution in [2.75, 3.05) is 26.2 Å². The number of rotatable bonds is 9. The van der Waals surface area contributed by atoms with E-state index in [9.17, 15) is 18.4 Å². The second-order valence-corrected chi connectivity index (χ2v) is 9.14. The molecule has 4 rings (SSSR count). The number of oxazole rings is 1. The molecule has 2 N–H and O–H groups in total. The van der Waals surface area contributed by atoms with Crippen LogP contribution in [-0.4, -0.2) is 65.7 Å². The minimum absolute atomic E-state index is 0. The number of benzene rings is 1. The van der Waals surface area contributed by atoms with Crippen LogP contribution in [0, 0.1) is 5.92 Å². The Morgan fingerprint density at radius 2 is 1.97 bits per heavy atom. The summed E-state index contributed by atoms with van der Waals surface area (Å²) in [5, 5.41) is 1.54. The second kappa shape index (κ2) is 12.1. The second-order valence-electron chi connectivity index (χ2n) is 9.14. The van der Waals surface area contributed by atoms with Crippen LogP contribution in [0.4, 0.5) is 8.78 Å². The van der Waals surface area contributed by atoms with Gasteiger partial charge in [0.25, 0.3) is 5.91 Å². The van der Waals surface area contributed by atoms with Gasteiger partial charge in [-0.1, -0.05) is 0 Å². The first-order valence-electron chi connectivity index (χ1n) is 11.8. The first-order valence-corrected chi connectivity index (χ1v) is 11.8. The molecule has 2 heterocycles. The Labute approximate surface area is 219 Å². The standard InChI is InChI=1S/C24H30F2N4O6.ClH/c1-13-11-29(8-9-30(13)36-15(3)31)23(32)20-21(14(2)27)35-22(28-20)17-6-7-18(34-24(25)26)19(10-17)33-12-16-4-5-16;/h6-7,10,13-14,16,24H,4-5,8-9,11-12,27H2,1-3H3;1H/t13?,14-;/m0./s1. The van der Waals surface area contributed by atoms with Crippen molar-refractivity contribution in [3.8, 4) is 23.0 Å². The third-order valence-electron chi connectivity index (χ3n) is 5.95. The van der Waals surface area contributed by atoms with Crippen LogP contribution in [0.3, 0.4) is 0 Å². The normalized spacial score (nSPS) is 18.8. The lowest BCUT2D eigenvalue weighted by molar-refractivity contribution is -0.206. The van der Waals surface area contributed by atoms with Crippen molar-refractivity contribution >= 4 is 24.3 Å². The number of halogens is 3. The van der Waals surface area contributed by atoms with Gasteiger partial charge in [0, 0.05) is 25.6 Å². The Balaban J connectivity index is 0.00000380. The van der Waals surface area contributed by atoms with Crippen LogP contribution in [0.2, 0.25) is 0 Å². The highest BCUT2D eigenvalue weighted by molar-refractivity contribution is 5.94. The molecule has 2 fully saturated rings. The van der Waals surface area contributed by atoms with Crippen LogP contribution < -0.4 is 15.2 Å². The largest absolute Gasteiger partial charge is 0.489 e. The van der Waals surface area contributed by atoms with Gasteiger partial charge in [0.15, 0.2) is 23.0 Å². The Kier molecular flexibility index (Phi) is 9.32. The Hall–Kier alpha value is -2.96. The molecule has 204 valence electrons. The summed E-state index contributed by atoms with van der Waals surface area (Å²) in [6.45, 7) is 3.20. The molecular formula is C24H31ClF2N4O6. The summed E-state index contributed by atoms with van der Waals surface area (Å²) in [4.78, 5) is 35.9. The molecule has 1 aliphatic carbocycles. The minimum Gasteiger partial charge on any atom is -0.489 e. The molecule has 1 amide bonds. The van der Waals surface area contributed by atoms with Crippen molar-refractivity contribution in [2.45, 2.75) is 52.3 Å². The maximum absolute atomic E-state index is 13.4. The molecule has 1 aliphatic heterocycles. The average Bonchev–Trinajstić information content (AvgIpc) is 3.53. The van der Waals surface area contributed by atoms with Gasteiger partial charge in [-0.05, 0) is 50.8 Å². The summed E-state index contributed by atoms with van der Waals surface area (Å²) >= 11 is 0. The number of nitrogens with zero attached hydrogens (tertiary/aromatic N) is 3. The molecule has 2 aromatic rings. The van der Waals surface area contributed by atoms with Crippen LogP contribution >= 0.6 is 12.4 Å². The molecule has 2 atom stereocenters. The zero-order chi connectivity index (χ0) is 26.0. The Morgan fingerprint density at radius 3 is 2.57 bits per heavy atom. The zero-order valence-corrected chi connectivity index (χ0v) is 21.6. The van der Waals surface area contributed by atoms with Gasteiger partial charge >= 0.3 is 12.6 Å². The van der Waals surface area contributed by atoms with E-state index in [-0.39, 0.29) is 53.2 Å². The van der Waals surface area contributed by atoms with Gasteiger partial charge in [0.2, 0.25) is 5.89 Å². The molecule has 10 nitrogen and oxygen atoms in total. The Bertz CT molecular complexity index is 1110. The van der Waals surface area contributed by atoms with Gasteiger partial charge in [-0.25, -0.2) is 4.98 Å². The number of hydroxylamine groups is 2. The predicted octanol–water partition coefficient (Wildman–Crippen LogP) is 3.80. The number of alkyl halides is 2. The fourth-order valence-corrected chi connectivity index (χ4v) is 3.93. The van der Waals surface area contributed by atoms with E-state index in [2.05, 4.69) is 9.72 Å². The van der Waals surface area contributed by atoms with E-state index in [1.54, 1.807) is 16.9 Å². The quantitative estimate of drug-likeness (QED) is 0.502. The van der Waals surface area contributed by atoms with Crippen molar-refractivity contribution in [1.29, 1.82) is 0 Å². The van der Waals surface area contributed by atoms with Crippen molar-refractivity contribution < 1.29 is 37.1 Å². The number of carbonyl (C=O) groups is 2. The number of aromatic nitrogens is 1.